The highest BCUT2D eigenvalue weighted by Crippen LogP contribution is 2.25. The van der Waals surface area contributed by atoms with Gasteiger partial charge in [-0.25, -0.2) is 12.8 Å². The third-order valence-corrected chi connectivity index (χ3v) is 6.09. The lowest BCUT2D eigenvalue weighted by molar-refractivity contribution is -0.124. The maximum absolute atomic E-state index is 13.0. The fourth-order valence-corrected chi connectivity index (χ4v) is 3.94. The number of amides is 1. The van der Waals surface area contributed by atoms with Crippen LogP contribution in [0.15, 0.2) is 59.6 Å². The number of benzene rings is 2. The number of sulfonamides is 1. The maximum Gasteiger partial charge on any atom is 0.261 e. The first kappa shape index (κ1) is 20.9. The summed E-state index contributed by atoms with van der Waals surface area (Å²) < 4.78 is 43.2. The van der Waals surface area contributed by atoms with Crippen LogP contribution in [0.1, 0.15) is 20.8 Å². The van der Waals surface area contributed by atoms with E-state index in [1.165, 1.54) is 19.9 Å². The minimum Gasteiger partial charge on any atom is -0.348 e. The van der Waals surface area contributed by atoms with Crippen molar-refractivity contribution in [3.63, 3.8) is 0 Å². The first-order valence-electron chi connectivity index (χ1n) is 9.25. The summed E-state index contributed by atoms with van der Waals surface area (Å²) in [5, 5.41) is 3.45. The zero-order chi connectivity index (χ0) is 21.2. The number of rotatable bonds is 7. The minimum atomic E-state index is -3.81. The summed E-state index contributed by atoms with van der Waals surface area (Å²) in [5.41, 5.74) is 0.478. The first-order valence-corrected chi connectivity index (χ1v) is 10.7. The Morgan fingerprint density at radius 3 is 2.52 bits per heavy atom. The Morgan fingerprint density at radius 1 is 1.10 bits per heavy atom. The molecule has 0 fully saturated rings. The van der Waals surface area contributed by atoms with Crippen LogP contribution in [0, 0.1) is 5.41 Å². The molecule has 8 heteroatoms. The molecule has 0 saturated heterocycles. The van der Waals surface area contributed by atoms with Gasteiger partial charge in [0.2, 0.25) is 5.91 Å². The topological polar surface area (TPSA) is 80.2 Å². The molecule has 1 heterocycles. The van der Waals surface area contributed by atoms with E-state index in [1.807, 2.05) is 23.8 Å². The molecule has 0 spiro atoms. The number of hydrogen-bond acceptors (Lipinski definition) is 3. The van der Waals surface area contributed by atoms with Crippen molar-refractivity contribution in [2.45, 2.75) is 32.2 Å². The SMILES string of the molecule is CCn1ccc2cc(S(=O)(=O)Nc3cccc(NC(=O)C(C)(C)CF)c3)ccc21. The number of aryl methyl sites for hydroxylation is 1. The number of alkyl halides is 1. The molecule has 154 valence electrons. The molecule has 0 unspecified atom stereocenters. The Bertz CT molecular complexity index is 1150. The zero-order valence-electron chi connectivity index (χ0n) is 16.6. The van der Waals surface area contributed by atoms with E-state index in [-0.39, 0.29) is 4.90 Å². The summed E-state index contributed by atoms with van der Waals surface area (Å²) in [4.78, 5) is 12.3. The fraction of sp³-hybridized carbons (Fsp3) is 0.286. The van der Waals surface area contributed by atoms with Gasteiger partial charge in [0.05, 0.1) is 16.0 Å². The molecular formula is C21H24FN3O3S. The van der Waals surface area contributed by atoms with Crippen molar-refractivity contribution < 1.29 is 17.6 Å². The van der Waals surface area contributed by atoms with Crippen molar-refractivity contribution in [1.82, 2.24) is 4.57 Å². The van der Waals surface area contributed by atoms with Gasteiger partial charge in [-0.2, -0.15) is 0 Å². The van der Waals surface area contributed by atoms with Crippen molar-refractivity contribution in [2.24, 2.45) is 5.41 Å². The van der Waals surface area contributed by atoms with Gasteiger partial charge < -0.3 is 9.88 Å². The van der Waals surface area contributed by atoms with Gasteiger partial charge in [-0.1, -0.05) is 6.07 Å². The quantitative estimate of drug-likeness (QED) is 0.598. The molecule has 0 radical (unpaired) electrons. The lowest BCUT2D eigenvalue weighted by atomic mass is 9.94. The molecule has 0 aliphatic carbocycles. The second kappa shape index (κ2) is 7.87. The van der Waals surface area contributed by atoms with Crippen LogP contribution in [0.3, 0.4) is 0 Å². The average molecular weight is 418 g/mol. The molecule has 2 aromatic carbocycles. The number of carbonyl (C=O) groups excluding carboxylic acids is 1. The van der Waals surface area contributed by atoms with Gasteiger partial charge in [0.25, 0.3) is 10.0 Å². The van der Waals surface area contributed by atoms with Crippen molar-refractivity contribution in [1.29, 1.82) is 0 Å². The van der Waals surface area contributed by atoms with Gasteiger partial charge >= 0.3 is 0 Å². The van der Waals surface area contributed by atoms with E-state index in [2.05, 4.69) is 10.0 Å². The second-order valence-electron chi connectivity index (χ2n) is 7.48. The van der Waals surface area contributed by atoms with Crippen LogP contribution in [0.2, 0.25) is 0 Å². The Hall–Kier alpha value is -2.87. The van der Waals surface area contributed by atoms with Crippen LogP contribution in [0.5, 0.6) is 0 Å². The summed E-state index contributed by atoms with van der Waals surface area (Å²) in [6, 6.07) is 13.1. The third-order valence-electron chi connectivity index (χ3n) is 4.71. The number of aromatic nitrogens is 1. The molecule has 0 aliphatic rings. The predicted molar refractivity (Wildman–Crippen MR) is 113 cm³/mol. The van der Waals surface area contributed by atoms with Gasteiger partial charge in [0.15, 0.2) is 0 Å². The summed E-state index contributed by atoms with van der Waals surface area (Å²) in [6.45, 7) is 5.01. The molecule has 1 amide bonds. The molecule has 29 heavy (non-hydrogen) atoms. The highest BCUT2D eigenvalue weighted by Gasteiger charge is 2.27. The molecule has 0 bridgehead atoms. The van der Waals surface area contributed by atoms with Gasteiger partial charge in [0.1, 0.15) is 6.67 Å². The molecule has 0 saturated carbocycles. The minimum absolute atomic E-state index is 0.145. The van der Waals surface area contributed by atoms with Crippen LogP contribution in [-0.2, 0) is 21.4 Å². The smallest absolute Gasteiger partial charge is 0.261 e. The van der Waals surface area contributed by atoms with E-state index in [1.54, 1.807) is 36.4 Å². The number of fused-ring (bicyclic) bond motifs is 1. The number of carbonyl (C=O) groups is 1. The zero-order valence-corrected chi connectivity index (χ0v) is 17.4. The standard InChI is InChI=1S/C21H24FN3O3S/c1-4-25-11-10-15-12-18(8-9-19(15)25)29(27,28)24-17-7-5-6-16(13-17)23-20(26)21(2,3)14-22/h5-13,24H,4,14H2,1-3H3,(H,23,26). The first-order chi connectivity index (χ1) is 13.7. The van der Waals surface area contributed by atoms with Crippen LogP contribution in [0.4, 0.5) is 15.8 Å². The van der Waals surface area contributed by atoms with E-state index in [0.29, 0.717) is 11.4 Å². The monoisotopic (exact) mass is 417 g/mol. The van der Waals surface area contributed by atoms with Gasteiger partial charge in [-0.15, -0.1) is 0 Å². The lowest BCUT2D eigenvalue weighted by Gasteiger charge is -2.19. The Kier molecular flexibility index (Phi) is 5.66. The summed E-state index contributed by atoms with van der Waals surface area (Å²) in [5.74, 6) is -0.481. The molecule has 2 N–H and O–H groups in total. The Balaban J connectivity index is 1.83. The molecule has 0 aliphatic heterocycles. The van der Waals surface area contributed by atoms with E-state index in [0.717, 1.165) is 17.4 Å². The largest absolute Gasteiger partial charge is 0.348 e. The molecule has 6 nitrogen and oxygen atoms in total. The van der Waals surface area contributed by atoms with Crippen LogP contribution < -0.4 is 10.0 Å². The fourth-order valence-electron chi connectivity index (χ4n) is 2.86. The van der Waals surface area contributed by atoms with Crippen molar-refractivity contribution in [3.8, 4) is 0 Å². The Labute approximate surface area is 169 Å². The summed E-state index contributed by atoms with van der Waals surface area (Å²) >= 11 is 0. The number of nitrogens with one attached hydrogen (secondary N) is 2. The van der Waals surface area contributed by atoms with E-state index < -0.39 is 28.0 Å². The maximum atomic E-state index is 13.0. The van der Waals surface area contributed by atoms with Crippen LogP contribution in [-0.4, -0.2) is 25.6 Å². The molecule has 1 aromatic heterocycles. The number of nitrogens with zero attached hydrogens (tertiary/aromatic N) is 1. The number of halogens is 1. The molecule has 3 rings (SSSR count). The van der Waals surface area contributed by atoms with E-state index in [9.17, 15) is 17.6 Å². The van der Waals surface area contributed by atoms with Crippen molar-refractivity contribution in [2.75, 3.05) is 16.7 Å². The van der Waals surface area contributed by atoms with Gasteiger partial charge in [0, 0.05) is 29.3 Å². The van der Waals surface area contributed by atoms with E-state index >= 15 is 0 Å². The number of anilines is 2. The lowest BCUT2D eigenvalue weighted by Crippen LogP contribution is -2.32. The third kappa shape index (κ3) is 4.42. The molecule has 0 atom stereocenters. The highest BCUT2D eigenvalue weighted by atomic mass is 32.2. The van der Waals surface area contributed by atoms with Crippen molar-refractivity contribution >= 4 is 38.2 Å². The molecule has 3 aromatic rings. The van der Waals surface area contributed by atoms with Crippen molar-refractivity contribution in [3.05, 3.63) is 54.7 Å². The summed E-state index contributed by atoms with van der Waals surface area (Å²) in [6.07, 6.45) is 1.92. The van der Waals surface area contributed by atoms with Gasteiger partial charge in [-0.3, -0.25) is 9.52 Å². The normalized spacial score (nSPS) is 12.1. The Morgan fingerprint density at radius 2 is 1.83 bits per heavy atom. The van der Waals surface area contributed by atoms with Gasteiger partial charge in [-0.05, 0) is 63.2 Å². The van der Waals surface area contributed by atoms with Crippen LogP contribution >= 0.6 is 0 Å². The van der Waals surface area contributed by atoms with Crippen LogP contribution in [0.25, 0.3) is 10.9 Å². The highest BCUT2D eigenvalue weighted by molar-refractivity contribution is 7.92. The summed E-state index contributed by atoms with van der Waals surface area (Å²) in [7, 11) is -3.81. The second-order valence-corrected chi connectivity index (χ2v) is 9.16. The number of hydrogen-bond donors (Lipinski definition) is 2. The predicted octanol–water partition coefficient (Wildman–Crippen LogP) is 4.40. The average Bonchev–Trinajstić information content (AvgIpc) is 3.10. The van der Waals surface area contributed by atoms with E-state index in [4.69, 9.17) is 0 Å². The molecular weight excluding hydrogens is 393 g/mol.